The predicted molar refractivity (Wildman–Crippen MR) is 76.2 cm³/mol. The highest BCUT2D eigenvalue weighted by Crippen LogP contribution is 2.26. The summed E-state index contributed by atoms with van der Waals surface area (Å²) in [6, 6.07) is 6.21. The molecule has 0 unspecified atom stereocenters. The van der Waals surface area contributed by atoms with Crippen LogP contribution >= 0.6 is 15.9 Å². The monoisotopic (exact) mass is 357 g/mol. The maximum absolute atomic E-state index is 13.8. The van der Waals surface area contributed by atoms with E-state index < -0.39 is 24.2 Å². The smallest absolute Gasteiger partial charge is 0.335 e. The molecule has 0 aliphatic carbocycles. The normalized spacial score (nSPS) is 10.4. The van der Waals surface area contributed by atoms with Crippen LogP contribution in [0.15, 0.2) is 34.8 Å². The number of nitrogen functional groups attached to an aromatic ring is 1. The quantitative estimate of drug-likeness (QED) is 0.647. The van der Waals surface area contributed by atoms with Crippen molar-refractivity contribution in [1.82, 2.24) is 0 Å². The number of ether oxygens (including phenoxy) is 1. The second-order valence-electron chi connectivity index (χ2n) is 4.17. The van der Waals surface area contributed by atoms with E-state index in [0.717, 1.165) is 6.07 Å². The minimum absolute atomic E-state index is 0.0330. The van der Waals surface area contributed by atoms with Crippen molar-refractivity contribution in [2.24, 2.45) is 0 Å². The Morgan fingerprint density at radius 1 is 1.29 bits per heavy atom. The average Bonchev–Trinajstić information content (AvgIpc) is 2.44. The first kappa shape index (κ1) is 15.2. The molecule has 0 amide bonds. The molecule has 0 aliphatic heterocycles. The fourth-order valence-electron chi connectivity index (χ4n) is 1.64. The molecule has 0 spiro atoms. The van der Waals surface area contributed by atoms with E-state index in [1.807, 2.05) is 0 Å². The summed E-state index contributed by atoms with van der Waals surface area (Å²) in [5.41, 5.74) is 5.52. The minimum atomic E-state index is -1.15. The number of carbonyl (C=O) groups is 1. The lowest BCUT2D eigenvalue weighted by Crippen LogP contribution is -2.05. The van der Waals surface area contributed by atoms with Gasteiger partial charge < -0.3 is 15.6 Å². The fourth-order valence-corrected chi connectivity index (χ4v) is 2.02. The molecule has 0 saturated carbocycles. The van der Waals surface area contributed by atoms with E-state index >= 15 is 0 Å². The van der Waals surface area contributed by atoms with E-state index in [0.29, 0.717) is 0 Å². The third-order valence-corrected chi connectivity index (χ3v) is 3.38. The largest absolute Gasteiger partial charge is 0.486 e. The highest BCUT2D eigenvalue weighted by atomic mass is 79.9. The summed E-state index contributed by atoms with van der Waals surface area (Å²) in [5.74, 6) is -2.64. The van der Waals surface area contributed by atoms with E-state index in [9.17, 15) is 13.6 Å². The van der Waals surface area contributed by atoms with Crippen molar-refractivity contribution in [3.63, 3.8) is 0 Å². The van der Waals surface area contributed by atoms with Gasteiger partial charge in [-0.3, -0.25) is 0 Å². The van der Waals surface area contributed by atoms with Gasteiger partial charge in [-0.2, -0.15) is 0 Å². The molecule has 7 heteroatoms. The highest BCUT2D eigenvalue weighted by Gasteiger charge is 2.14. The molecule has 110 valence electrons. The summed E-state index contributed by atoms with van der Waals surface area (Å²) in [5, 5.41) is 8.89. The minimum Gasteiger partial charge on any atom is -0.486 e. The molecule has 2 rings (SSSR count). The Morgan fingerprint density at radius 2 is 2.00 bits per heavy atom. The van der Waals surface area contributed by atoms with Crippen molar-refractivity contribution < 1.29 is 23.4 Å². The molecular weight excluding hydrogens is 348 g/mol. The van der Waals surface area contributed by atoms with Crippen LogP contribution in [0.2, 0.25) is 0 Å². The Hall–Kier alpha value is -2.15. The van der Waals surface area contributed by atoms with E-state index in [1.165, 1.54) is 24.3 Å². The average molecular weight is 358 g/mol. The van der Waals surface area contributed by atoms with Gasteiger partial charge in [0.1, 0.15) is 24.0 Å². The van der Waals surface area contributed by atoms with E-state index in [1.54, 1.807) is 0 Å². The molecule has 2 aromatic carbocycles. The number of carboxylic acid groups (broad SMARTS) is 1. The van der Waals surface area contributed by atoms with Crippen LogP contribution in [0, 0.1) is 11.6 Å². The molecular formula is C14H10BrF2NO3. The summed E-state index contributed by atoms with van der Waals surface area (Å²) in [7, 11) is 0. The van der Waals surface area contributed by atoms with Gasteiger partial charge in [0.05, 0.1) is 21.3 Å². The number of rotatable bonds is 4. The summed E-state index contributed by atoms with van der Waals surface area (Å²) in [6.45, 7) is -0.412. The van der Waals surface area contributed by atoms with E-state index in [-0.39, 0.29) is 27.0 Å². The number of halogens is 3. The van der Waals surface area contributed by atoms with Crippen molar-refractivity contribution >= 4 is 27.6 Å². The second-order valence-corrected chi connectivity index (χ2v) is 5.02. The molecule has 0 saturated heterocycles. The second kappa shape index (κ2) is 6.09. The van der Waals surface area contributed by atoms with E-state index in [4.69, 9.17) is 15.6 Å². The fraction of sp³-hybridized carbons (Fsp3) is 0.0714. The molecule has 0 radical (unpaired) electrons. The van der Waals surface area contributed by atoms with Crippen LogP contribution in [0.1, 0.15) is 15.9 Å². The first-order valence-electron chi connectivity index (χ1n) is 5.78. The zero-order valence-corrected chi connectivity index (χ0v) is 12.2. The van der Waals surface area contributed by atoms with Crippen LogP contribution in [-0.4, -0.2) is 11.1 Å². The lowest BCUT2D eigenvalue weighted by Gasteiger charge is -2.11. The van der Waals surface area contributed by atoms with Gasteiger partial charge in [0.25, 0.3) is 0 Å². The molecule has 0 heterocycles. The maximum Gasteiger partial charge on any atom is 0.335 e. The molecule has 0 aliphatic rings. The Morgan fingerprint density at radius 3 is 2.67 bits per heavy atom. The molecule has 0 atom stereocenters. The number of aromatic carboxylic acids is 1. The molecule has 0 bridgehead atoms. The first-order valence-corrected chi connectivity index (χ1v) is 6.57. The number of benzene rings is 2. The van der Waals surface area contributed by atoms with Crippen molar-refractivity contribution in [2.45, 2.75) is 6.61 Å². The Kier molecular flexibility index (Phi) is 4.42. The lowest BCUT2D eigenvalue weighted by molar-refractivity contribution is 0.0696. The summed E-state index contributed by atoms with van der Waals surface area (Å²) < 4.78 is 32.7. The van der Waals surface area contributed by atoms with Gasteiger partial charge in [-0.1, -0.05) is 0 Å². The van der Waals surface area contributed by atoms with Gasteiger partial charge in [0.15, 0.2) is 0 Å². The Bertz CT molecular complexity index is 707. The summed E-state index contributed by atoms with van der Waals surface area (Å²) >= 11 is 2.95. The number of carboxylic acids is 1. The molecule has 2 aromatic rings. The van der Waals surface area contributed by atoms with Crippen LogP contribution in [0.3, 0.4) is 0 Å². The first-order chi connectivity index (χ1) is 9.90. The third kappa shape index (κ3) is 3.30. The maximum atomic E-state index is 13.8. The van der Waals surface area contributed by atoms with Gasteiger partial charge in [-0.25, -0.2) is 13.6 Å². The molecule has 0 fully saturated rings. The number of nitrogens with two attached hydrogens (primary N) is 1. The van der Waals surface area contributed by atoms with Gasteiger partial charge in [0.2, 0.25) is 0 Å². The lowest BCUT2D eigenvalue weighted by atomic mass is 10.2. The van der Waals surface area contributed by atoms with Gasteiger partial charge in [-0.05, 0) is 46.3 Å². The van der Waals surface area contributed by atoms with Crippen molar-refractivity contribution in [1.29, 1.82) is 0 Å². The van der Waals surface area contributed by atoms with Crippen molar-refractivity contribution in [3.05, 3.63) is 57.6 Å². The summed E-state index contributed by atoms with van der Waals surface area (Å²) in [6.07, 6.45) is 0. The summed E-state index contributed by atoms with van der Waals surface area (Å²) in [4.78, 5) is 10.9. The van der Waals surface area contributed by atoms with Crippen LogP contribution in [0.4, 0.5) is 14.5 Å². The number of hydrogen-bond donors (Lipinski definition) is 2. The highest BCUT2D eigenvalue weighted by molar-refractivity contribution is 9.10. The van der Waals surface area contributed by atoms with Crippen LogP contribution in [0.25, 0.3) is 0 Å². The predicted octanol–water partition coefficient (Wildman–Crippen LogP) is 3.59. The van der Waals surface area contributed by atoms with Gasteiger partial charge >= 0.3 is 5.97 Å². The van der Waals surface area contributed by atoms with Gasteiger partial charge in [-0.15, -0.1) is 0 Å². The van der Waals surface area contributed by atoms with Crippen molar-refractivity contribution in [2.75, 3.05) is 5.73 Å². The molecule has 21 heavy (non-hydrogen) atoms. The Balaban J connectivity index is 2.26. The molecule has 0 aromatic heterocycles. The molecule has 4 nitrogen and oxygen atoms in total. The van der Waals surface area contributed by atoms with Crippen LogP contribution in [-0.2, 0) is 6.61 Å². The SMILES string of the molecule is Nc1ccc(C(=O)O)cc1OCc1c(F)ccc(Br)c1F. The number of anilines is 1. The topological polar surface area (TPSA) is 72.6 Å². The van der Waals surface area contributed by atoms with Crippen molar-refractivity contribution in [3.8, 4) is 5.75 Å². The third-order valence-electron chi connectivity index (χ3n) is 2.77. The van der Waals surface area contributed by atoms with Crippen LogP contribution in [0.5, 0.6) is 5.75 Å². The standard InChI is InChI=1S/C14H10BrF2NO3/c15-9-2-3-10(16)8(13(9)17)6-21-12-5-7(14(19)20)1-4-11(12)18/h1-5H,6,18H2,(H,19,20). The number of hydrogen-bond acceptors (Lipinski definition) is 3. The van der Waals surface area contributed by atoms with E-state index in [2.05, 4.69) is 15.9 Å². The zero-order valence-electron chi connectivity index (χ0n) is 10.6. The Labute approximate surface area is 127 Å². The van der Waals surface area contributed by atoms with Gasteiger partial charge in [0, 0.05) is 0 Å². The molecule has 3 N–H and O–H groups in total. The van der Waals surface area contributed by atoms with Crippen LogP contribution < -0.4 is 10.5 Å². The zero-order chi connectivity index (χ0) is 15.6.